The van der Waals surface area contributed by atoms with Gasteiger partial charge in [0.05, 0.1) is 42.2 Å². The van der Waals surface area contributed by atoms with Gasteiger partial charge in [-0.05, 0) is 42.5 Å². The van der Waals surface area contributed by atoms with Crippen molar-refractivity contribution in [2.75, 3.05) is 5.73 Å². The Bertz CT molecular complexity index is 3020. The number of anilines is 1. The van der Waals surface area contributed by atoms with Gasteiger partial charge >= 0.3 is 0 Å². The molecule has 44 heavy (non-hydrogen) atoms. The van der Waals surface area contributed by atoms with Crippen LogP contribution in [0, 0.1) is 10.1 Å². The molecular weight excluding hydrogens is 616 g/mol. The molecule has 0 spiro atoms. The van der Waals surface area contributed by atoms with Crippen LogP contribution in [0.4, 0.5) is 11.4 Å². The van der Waals surface area contributed by atoms with Crippen molar-refractivity contribution in [1.29, 1.82) is 0 Å². The molecule has 4 heterocycles. The molecule has 8 aromatic rings. The number of nitrogens with zero attached hydrogens (tertiary/aromatic N) is 5. The number of hydrogen-bond acceptors (Lipinski definition) is 11. The van der Waals surface area contributed by atoms with E-state index in [0.29, 0.717) is 0 Å². The van der Waals surface area contributed by atoms with E-state index in [0.717, 1.165) is 20.9 Å². The van der Waals surface area contributed by atoms with E-state index in [4.69, 9.17) is 16.0 Å². The van der Waals surface area contributed by atoms with Gasteiger partial charge in [-0.25, -0.2) is 37.1 Å². The number of non-ortho nitro benzene ring substituents is 1. The lowest BCUT2D eigenvalue weighted by atomic mass is 9.94. The number of hydrogen-bond donors (Lipinski definition) is 3. The van der Waals surface area contributed by atoms with Crippen molar-refractivity contribution in [1.82, 2.24) is 18.8 Å². The summed E-state index contributed by atoms with van der Waals surface area (Å²) < 4.78 is 50.3. The number of pyridine rings is 2. The molecule has 6 N–H and O–H groups in total. The summed E-state index contributed by atoms with van der Waals surface area (Å²) >= 11 is 0. The fourth-order valence-corrected chi connectivity index (χ4v) is 7.11. The number of aromatic nitrogens is 4. The Morgan fingerprint density at radius 1 is 0.682 bits per heavy atom. The van der Waals surface area contributed by atoms with Crippen molar-refractivity contribution in [2.24, 2.45) is 10.3 Å². The van der Waals surface area contributed by atoms with E-state index < -0.39 is 41.8 Å². The van der Waals surface area contributed by atoms with Gasteiger partial charge in [-0.15, -0.1) is 0 Å². The Morgan fingerprint density at radius 3 is 1.61 bits per heavy atom. The Kier molecular flexibility index (Phi) is 4.67. The first-order valence-electron chi connectivity index (χ1n) is 12.4. The van der Waals surface area contributed by atoms with Crippen LogP contribution in [-0.4, -0.2) is 40.5 Å². The van der Waals surface area contributed by atoms with Crippen LogP contribution in [0.25, 0.3) is 65.7 Å². The highest BCUT2D eigenvalue weighted by atomic mass is 32.2. The van der Waals surface area contributed by atoms with Gasteiger partial charge < -0.3 is 5.73 Å². The number of benzene rings is 4. The highest BCUT2D eigenvalue weighted by Crippen LogP contribution is 2.42. The predicted octanol–water partition coefficient (Wildman–Crippen LogP) is 1.13. The summed E-state index contributed by atoms with van der Waals surface area (Å²) in [6, 6.07) is 9.89. The summed E-state index contributed by atoms with van der Waals surface area (Å²) in [5.41, 5.74) is 4.63. The third-order valence-electron chi connectivity index (χ3n) is 7.84. The largest absolute Gasteiger partial charge is 0.398 e. The van der Waals surface area contributed by atoms with Gasteiger partial charge in [0.15, 0.2) is 0 Å². The number of rotatable bonds is 3. The summed E-state index contributed by atoms with van der Waals surface area (Å²) in [6.07, 6.45) is 0. The van der Waals surface area contributed by atoms with E-state index in [-0.39, 0.29) is 81.2 Å². The van der Waals surface area contributed by atoms with Crippen molar-refractivity contribution < 1.29 is 21.8 Å². The van der Waals surface area contributed by atoms with E-state index in [1.165, 1.54) is 36.4 Å². The second-order valence-corrected chi connectivity index (χ2v) is 13.4. The monoisotopic (exact) mass is 630 g/mol. The topological polar surface area (TPSA) is 258 Å². The van der Waals surface area contributed by atoms with Crippen LogP contribution in [0.1, 0.15) is 0 Å². The Hall–Kier alpha value is -5.56. The molecular formula is C26H14N8O8S2. The Labute approximate surface area is 242 Å². The highest BCUT2D eigenvalue weighted by Gasteiger charge is 2.30. The molecule has 8 rings (SSSR count). The standard InChI is InChI=1S/C26H14N8O8S2/c27-13-7-11-20-19-12(24-31-14-3-1-9(43(28,39)40)5-16(14)32(24)25(35)21(13)19)8-18(34(37)38)22(20)26(36)33-17-6-10(44(29,41)42)2-4-15(17)30-23(11)33/h1-8H,27H2,(H2,28,39,40)(H2,29,41,42). The summed E-state index contributed by atoms with van der Waals surface area (Å²) in [4.78, 5) is 48.3. The van der Waals surface area contributed by atoms with E-state index >= 15 is 0 Å². The second-order valence-electron chi connectivity index (χ2n) is 10.3. The maximum Gasteiger partial charge on any atom is 0.283 e. The zero-order valence-corrected chi connectivity index (χ0v) is 23.3. The third kappa shape index (κ3) is 3.16. The fraction of sp³-hybridized carbons (Fsp3) is 0. The molecule has 0 radical (unpaired) electrons. The number of nitrogens with two attached hydrogens (primary N) is 3. The summed E-state index contributed by atoms with van der Waals surface area (Å²) in [5, 5.41) is 23.0. The van der Waals surface area contributed by atoms with Crippen LogP contribution < -0.4 is 27.1 Å². The van der Waals surface area contributed by atoms with Crippen LogP contribution in [0.3, 0.4) is 0 Å². The average Bonchev–Trinajstić information content (AvgIpc) is 3.52. The fourth-order valence-electron chi connectivity index (χ4n) is 6.05. The SMILES string of the molecule is Nc1cc2c3c(c([N+](=O)[O-])cc4c3c1c(=O)n1c3cc(S(N)(=O)=O)ccc3nc41)c(=O)n1c3cc(S(N)(=O)=O)ccc3nc21. The summed E-state index contributed by atoms with van der Waals surface area (Å²) in [7, 11) is -8.34. The zero-order valence-electron chi connectivity index (χ0n) is 21.7. The smallest absolute Gasteiger partial charge is 0.283 e. The number of primary sulfonamides is 2. The third-order valence-corrected chi connectivity index (χ3v) is 9.66. The van der Waals surface area contributed by atoms with Gasteiger partial charge in [0, 0.05) is 33.3 Å². The molecule has 0 atom stereocenters. The number of imidazole rings is 2. The van der Waals surface area contributed by atoms with Crippen molar-refractivity contribution >= 4 is 97.1 Å². The maximum absolute atomic E-state index is 14.1. The lowest BCUT2D eigenvalue weighted by Gasteiger charge is -2.14. The van der Waals surface area contributed by atoms with Gasteiger partial charge in [-0.2, -0.15) is 0 Å². The lowest BCUT2D eigenvalue weighted by molar-refractivity contribution is -0.383. The molecule has 0 aliphatic heterocycles. The van der Waals surface area contributed by atoms with Crippen LogP contribution in [0.5, 0.6) is 0 Å². The minimum atomic E-state index is -4.18. The summed E-state index contributed by atoms with van der Waals surface area (Å²) in [5.74, 6) is 0. The molecule has 0 bridgehead atoms. The van der Waals surface area contributed by atoms with Crippen molar-refractivity contribution in [3.63, 3.8) is 0 Å². The molecule has 4 aromatic carbocycles. The van der Waals surface area contributed by atoms with E-state index in [2.05, 4.69) is 9.97 Å². The predicted molar refractivity (Wildman–Crippen MR) is 160 cm³/mol. The molecule has 218 valence electrons. The number of nitro benzene ring substituents is 1. The van der Waals surface area contributed by atoms with Crippen LogP contribution in [0.2, 0.25) is 0 Å². The van der Waals surface area contributed by atoms with Gasteiger partial charge in [-0.1, -0.05) is 0 Å². The Balaban J connectivity index is 1.68. The first-order valence-corrected chi connectivity index (χ1v) is 15.5. The van der Waals surface area contributed by atoms with Gasteiger partial charge in [0.25, 0.3) is 16.8 Å². The number of fused-ring (bicyclic) bond motifs is 8. The average molecular weight is 631 g/mol. The molecule has 0 amide bonds. The second kappa shape index (κ2) is 7.88. The van der Waals surface area contributed by atoms with E-state index in [1.54, 1.807) is 0 Å². The molecule has 0 fully saturated rings. The van der Waals surface area contributed by atoms with Gasteiger partial charge in [0.2, 0.25) is 20.0 Å². The molecule has 18 heteroatoms. The van der Waals surface area contributed by atoms with Crippen molar-refractivity contribution in [3.05, 3.63) is 79.4 Å². The zero-order chi connectivity index (χ0) is 31.2. The molecule has 0 saturated carbocycles. The van der Waals surface area contributed by atoms with Crippen molar-refractivity contribution in [2.45, 2.75) is 9.79 Å². The first kappa shape index (κ1) is 26.1. The lowest BCUT2D eigenvalue weighted by Crippen LogP contribution is -2.19. The highest BCUT2D eigenvalue weighted by molar-refractivity contribution is 7.89. The first-order chi connectivity index (χ1) is 20.7. The normalized spacial score (nSPS) is 13.1. The number of sulfonamides is 2. The van der Waals surface area contributed by atoms with Crippen LogP contribution in [0.15, 0.2) is 67.9 Å². The number of nitrogen functional groups attached to an aromatic ring is 1. The molecule has 16 nitrogen and oxygen atoms in total. The molecule has 4 aromatic heterocycles. The quantitative estimate of drug-likeness (QED) is 0.108. The molecule has 0 saturated heterocycles. The van der Waals surface area contributed by atoms with Gasteiger partial charge in [-0.3, -0.25) is 28.5 Å². The number of nitro groups is 1. The summed E-state index contributed by atoms with van der Waals surface area (Å²) in [6.45, 7) is 0. The minimum absolute atomic E-state index is 0.0121. The van der Waals surface area contributed by atoms with Gasteiger partial charge in [0.1, 0.15) is 16.7 Å². The van der Waals surface area contributed by atoms with Crippen molar-refractivity contribution in [3.8, 4) is 0 Å². The van der Waals surface area contributed by atoms with Crippen LogP contribution >= 0.6 is 0 Å². The van der Waals surface area contributed by atoms with E-state index in [9.17, 15) is 36.5 Å². The maximum atomic E-state index is 14.1. The van der Waals surface area contributed by atoms with Crippen LogP contribution in [-0.2, 0) is 20.0 Å². The molecule has 0 unspecified atom stereocenters. The molecule has 0 aliphatic carbocycles. The molecule has 0 aliphatic rings. The van der Waals surface area contributed by atoms with E-state index in [1.807, 2.05) is 0 Å². The minimum Gasteiger partial charge on any atom is -0.398 e. The Morgan fingerprint density at radius 2 is 1.14 bits per heavy atom.